The number of carbonyl (C=O) groups is 1. The first-order chi connectivity index (χ1) is 9.95. The first-order valence-corrected chi connectivity index (χ1v) is 7.10. The number of nitro groups is 1. The van der Waals surface area contributed by atoms with Crippen molar-refractivity contribution in [1.29, 1.82) is 0 Å². The standard InChI is InChI=1S/C15H20N2O4/c1-10-5-4-6-11(2)16(10)15(18)12-7-8-14(21-3)13(9-12)17(19)20/h7-11H,4-6H2,1-3H3/t10-,11-/m1/s1. The average molecular weight is 292 g/mol. The molecule has 1 fully saturated rings. The summed E-state index contributed by atoms with van der Waals surface area (Å²) in [7, 11) is 1.37. The summed E-state index contributed by atoms with van der Waals surface area (Å²) < 4.78 is 4.96. The zero-order valence-corrected chi connectivity index (χ0v) is 12.5. The molecular weight excluding hydrogens is 272 g/mol. The predicted octanol–water partition coefficient (Wildman–Crippen LogP) is 3.01. The van der Waals surface area contributed by atoms with Gasteiger partial charge in [-0.1, -0.05) is 0 Å². The smallest absolute Gasteiger partial charge is 0.311 e. The lowest BCUT2D eigenvalue weighted by molar-refractivity contribution is -0.385. The summed E-state index contributed by atoms with van der Waals surface area (Å²) in [6, 6.07) is 4.67. The average Bonchev–Trinajstić information content (AvgIpc) is 2.46. The van der Waals surface area contributed by atoms with Gasteiger partial charge in [-0.3, -0.25) is 14.9 Å². The van der Waals surface area contributed by atoms with Gasteiger partial charge in [-0.05, 0) is 45.2 Å². The van der Waals surface area contributed by atoms with Crippen LogP contribution in [0.2, 0.25) is 0 Å². The summed E-state index contributed by atoms with van der Waals surface area (Å²) in [6.45, 7) is 4.04. The maximum Gasteiger partial charge on any atom is 0.311 e. The fraction of sp³-hybridized carbons (Fsp3) is 0.533. The van der Waals surface area contributed by atoms with E-state index in [-0.39, 0.29) is 29.4 Å². The first-order valence-electron chi connectivity index (χ1n) is 7.10. The number of amides is 1. The third-order valence-corrected chi connectivity index (χ3v) is 4.05. The van der Waals surface area contributed by atoms with E-state index in [9.17, 15) is 14.9 Å². The van der Waals surface area contributed by atoms with Gasteiger partial charge in [0.05, 0.1) is 12.0 Å². The molecule has 1 heterocycles. The first kappa shape index (κ1) is 15.3. The second kappa shape index (κ2) is 6.11. The summed E-state index contributed by atoms with van der Waals surface area (Å²) in [5.41, 5.74) is 0.156. The van der Waals surface area contributed by atoms with E-state index >= 15 is 0 Å². The molecule has 1 saturated heterocycles. The normalized spacial score (nSPS) is 22.0. The van der Waals surface area contributed by atoms with Gasteiger partial charge in [0.25, 0.3) is 5.91 Å². The number of ether oxygens (including phenoxy) is 1. The summed E-state index contributed by atoms with van der Waals surface area (Å²) in [4.78, 5) is 25.0. The summed E-state index contributed by atoms with van der Waals surface area (Å²) >= 11 is 0. The molecular formula is C15H20N2O4. The van der Waals surface area contributed by atoms with Gasteiger partial charge in [0.2, 0.25) is 0 Å². The van der Waals surface area contributed by atoms with Crippen LogP contribution in [0.4, 0.5) is 5.69 Å². The molecule has 1 aliphatic heterocycles. The van der Waals surface area contributed by atoms with Crippen molar-refractivity contribution >= 4 is 11.6 Å². The van der Waals surface area contributed by atoms with Crippen molar-refractivity contribution in [1.82, 2.24) is 4.90 Å². The Kier molecular flexibility index (Phi) is 4.45. The minimum absolute atomic E-state index is 0.152. The molecule has 1 aromatic carbocycles. The zero-order chi connectivity index (χ0) is 15.6. The van der Waals surface area contributed by atoms with Crippen LogP contribution in [0.15, 0.2) is 18.2 Å². The summed E-state index contributed by atoms with van der Waals surface area (Å²) in [5, 5.41) is 11.1. The van der Waals surface area contributed by atoms with E-state index < -0.39 is 4.92 Å². The lowest BCUT2D eigenvalue weighted by atomic mass is 9.96. The molecule has 0 radical (unpaired) electrons. The van der Waals surface area contributed by atoms with Gasteiger partial charge in [0.15, 0.2) is 5.75 Å². The van der Waals surface area contributed by atoms with Crippen molar-refractivity contribution in [3.63, 3.8) is 0 Å². The lowest BCUT2D eigenvalue weighted by Crippen LogP contribution is -2.47. The molecule has 21 heavy (non-hydrogen) atoms. The quantitative estimate of drug-likeness (QED) is 0.634. The van der Waals surface area contributed by atoms with E-state index in [0.717, 1.165) is 19.3 Å². The van der Waals surface area contributed by atoms with Crippen molar-refractivity contribution in [3.8, 4) is 5.75 Å². The van der Waals surface area contributed by atoms with Crippen molar-refractivity contribution < 1.29 is 14.5 Å². The number of carbonyl (C=O) groups excluding carboxylic acids is 1. The van der Waals surface area contributed by atoms with E-state index in [4.69, 9.17) is 4.74 Å². The van der Waals surface area contributed by atoms with Gasteiger partial charge in [-0.15, -0.1) is 0 Å². The van der Waals surface area contributed by atoms with E-state index in [1.54, 1.807) is 6.07 Å². The molecule has 6 heteroatoms. The van der Waals surface area contributed by atoms with Gasteiger partial charge < -0.3 is 9.64 Å². The number of hydrogen-bond acceptors (Lipinski definition) is 4. The van der Waals surface area contributed by atoms with Crippen molar-refractivity contribution in [2.45, 2.75) is 45.2 Å². The summed E-state index contributed by atoms with van der Waals surface area (Å²) in [6.07, 6.45) is 3.04. The molecule has 2 atom stereocenters. The fourth-order valence-electron chi connectivity index (χ4n) is 2.94. The maximum absolute atomic E-state index is 12.7. The minimum atomic E-state index is -0.529. The number of methoxy groups -OCH3 is 1. The van der Waals surface area contributed by atoms with Gasteiger partial charge >= 0.3 is 5.69 Å². The third kappa shape index (κ3) is 2.99. The second-order valence-electron chi connectivity index (χ2n) is 5.49. The highest BCUT2D eigenvalue weighted by Crippen LogP contribution is 2.30. The van der Waals surface area contributed by atoms with Crippen LogP contribution >= 0.6 is 0 Å². The molecule has 0 aliphatic carbocycles. The Morgan fingerprint density at radius 2 is 1.95 bits per heavy atom. The van der Waals surface area contributed by atoms with Gasteiger partial charge in [0, 0.05) is 23.7 Å². The van der Waals surface area contributed by atoms with Crippen LogP contribution in [0.25, 0.3) is 0 Å². The monoisotopic (exact) mass is 292 g/mol. The molecule has 6 nitrogen and oxygen atoms in total. The molecule has 0 aromatic heterocycles. The number of nitrogens with zero attached hydrogens (tertiary/aromatic N) is 2. The Bertz CT molecular complexity index is 549. The molecule has 0 bridgehead atoms. The molecule has 0 spiro atoms. The van der Waals surface area contributed by atoms with Crippen molar-refractivity contribution in [2.24, 2.45) is 0 Å². The van der Waals surface area contributed by atoms with Gasteiger partial charge in [-0.2, -0.15) is 0 Å². The van der Waals surface area contributed by atoms with Crippen LogP contribution in [-0.2, 0) is 0 Å². The minimum Gasteiger partial charge on any atom is -0.490 e. The van der Waals surface area contributed by atoms with Crippen LogP contribution in [0.3, 0.4) is 0 Å². The molecule has 1 amide bonds. The topological polar surface area (TPSA) is 72.7 Å². The van der Waals surface area contributed by atoms with Crippen LogP contribution in [0.5, 0.6) is 5.75 Å². The van der Waals surface area contributed by atoms with Gasteiger partial charge in [-0.25, -0.2) is 0 Å². The number of rotatable bonds is 3. The fourth-order valence-corrected chi connectivity index (χ4v) is 2.94. The molecule has 0 saturated carbocycles. The molecule has 1 aliphatic rings. The maximum atomic E-state index is 12.7. The largest absolute Gasteiger partial charge is 0.490 e. The Hall–Kier alpha value is -2.11. The Balaban J connectivity index is 2.34. The highest BCUT2D eigenvalue weighted by molar-refractivity contribution is 5.95. The lowest BCUT2D eigenvalue weighted by Gasteiger charge is -2.39. The van der Waals surface area contributed by atoms with E-state index in [0.29, 0.717) is 5.56 Å². The number of hydrogen-bond donors (Lipinski definition) is 0. The van der Waals surface area contributed by atoms with Gasteiger partial charge in [0.1, 0.15) is 0 Å². The van der Waals surface area contributed by atoms with Crippen molar-refractivity contribution in [2.75, 3.05) is 7.11 Å². The number of piperidine rings is 1. The summed E-state index contributed by atoms with van der Waals surface area (Å²) in [5.74, 6) is 0.0109. The van der Waals surface area contributed by atoms with Crippen LogP contribution in [0.1, 0.15) is 43.5 Å². The zero-order valence-electron chi connectivity index (χ0n) is 12.5. The van der Waals surface area contributed by atoms with E-state index in [2.05, 4.69) is 0 Å². The molecule has 0 unspecified atom stereocenters. The second-order valence-corrected chi connectivity index (χ2v) is 5.49. The molecule has 2 rings (SSSR count). The number of likely N-dealkylation sites (tertiary alicyclic amines) is 1. The molecule has 1 aromatic rings. The number of nitro benzene ring substituents is 1. The Labute approximate surface area is 123 Å². The Morgan fingerprint density at radius 3 is 2.48 bits per heavy atom. The number of benzene rings is 1. The highest BCUT2D eigenvalue weighted by Gasteiger charge is 2.30. The van der Waals surface area contributed by atoms with Crippen molar-refractivity contribution in [3.05, 3.63) is 33.9 Å². The van der Waals surface area contributed by atoms with Crippen LogP contribution < -0.4 is 4.74 Å². The van der Waals surface area contributed by atoms with Crippen LogP contribution in [0, 0.1) is 10.1 Å². The Morgan fingerprint density at radius 1 is 1.33 bits per heavy atom. The van der Waals surface area contributed by atoms with E-state index in [1.165, 1.54) is 19.2 Å². The van der Waals surface area contributed by atoms with Crippen LogP contribution in [-0.4, -0.2) is 34.9 Å². The third-order valence-electron chi connectivity index (χ3n) is 4.05. The highest BCUT2D eigenvalue weighted by atomic mass is 16.6. The predicted molar refractivity (Wildman–Crippen MR) is 78.6 cm³/mol. The van der Waals surface area contributed by atoms with E-state index in [1.807, 2.05) is 18.7 Å². The molecule has 0 N–H and O–H groups in total. The SMILES string of the molecule is COc1ccc(C(=O)N2[C@H](C)CCC[C@H]2C)cc1[N+](=O)[O-]. The molecule has 114 valence electrons.